The lowest BCUT2D eigenvalue weighted by Gasteiger charge is -2.15. The Morgan fingerprint density at radius 2 is 2.10 bits per heavy atom. The molecule has 0 saturated heterocycles. The Morgan fingerprint density at radius 1 is 1.38 bits per heavy atom. The molecule has 1 aromatic heterocycles. The molecule has 0 atom stereocenters. The Labute approximate surface area is 119 Å². The zero-order valence-electron chi connectivity index (χ0n) is 10.9. The van der Waals surface area contributed by atoms with Crippen LogP contribution in [0, 0.1) is 15.9 Å². The molecule has 0 aliphatic carbocycles. The van der Waals surface area contributed by atoms with Gasteiger partial charge in [0.25, 0.3) is 0 Å². The summed E-state index contributed by atoms with van der Waals surface area (Å²) >= 11 is 0. The fourth-order valence-corrected chi connectivity index (χ4v) is 2.83. The molecule has 7 nitrogen and oxygen atoms in total. The van der Waals surface area contributed by atoms with Crippen molar-refractivity contribution in [3.05, 3.63) is 58.3 Å². The van der Waals surface area contributed by atoms with Gasteiger partial charge in [0.15, 0.2) is 0 Å². The van der Waals surface area contributed by atoms with Gasteiger partial charge in [-0.25, -0.2) is 8.42 Å². The lowest BCUT2D eigenvalue weighted by Crippen LogP contribution is -2.26. The predicted octanol–water partition coefficient (Wildman–Crippen LogP) is 2.15. The van der Waals surface area contributed by atoms with Crippen LogP contribution in [0.2, 0.25) is 0 Å². The summed E-state index contributed by atoms with van der Waals surface area (Å²) in [6.07, 6.45) is 1.40. The Bertz CT molecular complexity index is 758. The molecule has 0 aliphatic rings. The van der Waals surface area contributed by atoms with Crippen molar-refractivity contribution in [3.63, 3.8) is 0 Å². The lowest BCUT2D eigenvalue weighted by molar-refractivity contribution is -0.387. The van der Waals surface area contributed by atoms with E-state index in [9.17, 15) is 22.9 Å². The third-order valence-corrected chi connectivity index (χ3v) is 4.58. The second kappa shape index (κ2) is 5.62. The van der Waals surface area contributed by atoms with E-state index < -0.39 is 26.5 Å². The summed E-state index contributed by atoms with van der Waals surface area (Å²) in [4.78, 5) is 9.24. The van der Waals surface area contributed by atoms with E-state index >= 15 is 0 Å². The van der Waals surface area contributed by atoms with Gasteiger partial charge in [-0.2, -0.15) is 8.70 Å². The Hall–Kier alpha value is -2.26. The lowest BCUT2D eigenvalue weighted by atomic mass is 10.3. The highest BCUT2D eigenvalue weighted by molar-refractivity contribution is 7.89. The smallest absolute Gasteiger partial charge is 0.304 e. The Kier molecular flexibility index (Phi) is 4.05. The second-order valence-electron chi connectivity index (χ2n) is 4.21. The van der Waals surface area contributed by atoms with E-state index in [4.69, 9.17) is 4.42 Å². The van der Waals surface area contributed by atoms with Gasteiger partial charge in [-0.3, -0.25) is 10.1 Å². The van der Waals surface area contributed by atoms with Gasteiger partial charge in [-0.15, -0.1) is 0 Å². The second-order valence-corrected chi connectivity index (χ2v) is 6.26. The van der Waals surface area contributed by atoms with Gasteiger partial charge in [-0.05, 0) is 18.2 Å². The van der Waals surface area contributed by atoms with Crippen molar-refractivity contribution in [1.29, 1.82) is 0 Å². The SMILES string of the molecule is CN(Cc1ccco1)S(=O)(=O)c1ccc([N+](=O)[O-])c(F)c1. The number of nitrogens with zero attached hydrogens (tertiary/aromatic N) is 2. The summed E-state index contributed by atoms with van der Waals surface area (Å²) in [5.74, 6) is -0.782. The van der Waals surface area contributed by atoms with Crippen LogP contribution in [0.3, 0.4) is 0 Å². The van der Waals surface area contributed by atoms with E-state index in [1.165, 1.54) is 13.3 Å². The van der Waals surface area contributed by atoms with Gasteiger partial charge in [-0.1, -0.05) is 0 Å². The molecule has 0 spiro atoms. The van der Waals surface area contributed by atoms with E-state index in [-0.39, 0.29) is 11.4 Å². The van der Waals surface area contributed by atoms with Crippen molar-refractivity contribution >= 4 is 15.7 Å². The number of furan rings is 1. The Balaban J connectivity index is 2.31. The number of hydrogen-bond acceptors (Lipinski definition) is 5. The zero-order valence-corrected chi connectivity index (χ0v) is 11.7. The molecule has 0 bridgehead atoms. The number of nitro benzene ring substituents is 1. The monoisotopic (exact) mass is 314 g/mol. The predicted molar refractivity (Wildman–Crippen MR) is 70.4 cm³/mol. The molecule has 9 heteroatoms. The number of benzene rings is 1. The van der Waals surface area contributed by atoms with Crippen LogP contribution in [0.1, 0.15) is 5.76 Å². The van der Waals surface area contributed by atoms with Gasteiger partial charge in [0.05, 0.1) is 22.6 Å². The third kappa shape index (κ3) is 3.09. The van der Waals surface area contributed by atoms with Crippen molar-refractivity contribution in [2.45, 2.75) is 11.4 Å². The molecule has 0 unspecified atom stereocenters. The number of rotatable bonds is 5. The topological polar surface area (TPSA) is 93.7 Å². The van der Waals surface area contributed by atoms with Crippen LogP contribution >= 0.6 is 0 Å². The van der Waals surface area contributed by atoms with E-state index in [1.54, 1.807) is 12.1 Å². The van der Waals surface area contributed by atoms with Gasteiger partial charge in [0, 0.05) is 19.2 Å². The fourth-order valence-electron chi connectivity index (χ4n) is 1.68. The Morgan fingerprint density at radius 3 is 2.62 bits per heavy atom. The third-order valence-electron chi connectivity index (χ3n) is 2.78. The molecular formula is C12H11FN2O5S. The number of nitro groups is 1. The molecule has 1 aromatic carbocycles. The minimum atomic E-state index is -3.97. The van der Waals surface area contributed by atoms with Crippen molar-refractivity contribution in [2.24, 2.45) is 0 Å². The van der Waals surface area contributed by atoms with Crippen LogP contribution in [0.15, 0.2) is 45.9 Å². The van der Waals surface area contributed by atoms with E-state index in [0.29, 0.717) is 11.8 Å². The van der Waals surface area contributed by atoms with Crippen molar-refractivity contribution < 1.29 is 22.1 Å². The molecule has 2 aromatic rings. The fraction of sp³-hybridized carbons (Fsp3) is 0.167. The van der Waals surface area contributed by atoms with Crippen LogP contribution < -0.4 is 0 Å². The first-order valence-electron chi connectivity index (χ1n) is 5.75. The van der Waals surface area contributed by atoms with Gasteiger partial charge < -0.3 is 4.42 Å². The average Bonchev–Trinajstić information content (AvgIpc) is 2.90. The summed E-state index contributed by atoms with van der Waals surface area (Å²) in [5.41, 5.74) is -0.775. The van der Waals surface area contributed by atoms with Gasteiger partial charge >= 0.3 is 5.69 Å². The van der Waals surface area contributed by atoms with Crippen LogP contribution in [0.25, 0.3) is 0 Å². The summed E-state index contributed by atoms with van der Waals surface area (Å²) in [6, 6.07) is 5.66. The molecular weight excluding hydrogens is 303 g/mol. The van der Waals surface area contributed by atoms with Crippen LogP contribution in [-0.2, 0) is 16.6 Å². The minimum Gasteiger partial charge on any atom is -0.468 e. The van der Waals surface area contributed by atoms with Crippen LogP contribution in [-0.4, -0.2) is 24.7 Å². The molecule has 2 rings (SSSR count). The molecule has 0 fully saturated rings. The van der Waals surface area contributed by atoms with Gasteiger partial charge in [0.1, 0.15) is 5.76 Å². The highest BCUT2D eigenvalue weighted by atomic mass is 32.2. The minimum absolute atomic E-state index is 0.0338. The summed E-state index contributed by atoms with van der Waals surface area (Å²) in [5, 5.41) is 10.5. The number of hydrogen-bond donors (Lipinski definition) is 0. The van der Waals surface area contributed by atoms with E-state index in [2.05, 4.69) is 0 Å². The molecule has 0 amide bonds. The highest BCUT2D eigenvalue weighted by Gasteiger charge is 2.25. The quantitative estimate of drug-likeness (QED) is 0.622. The maximum Gasteiger partial charge on any atom is 0.304 e. The largest absolute Gasteiger partial charge is 0.468 e. The highest BCUT2D eigenvalue weighted by Crippen LogP contribution is 2.23. The molecule has 0 N–H and O–H groups in total. The molecule has 0 radical (unpaired) electrons. The summed E-state index contributed by atoms with van der Waals surface area (Å²) < 4.78 is 44.0. The number of halogens is 1. The van der Waals surface area contributed by atoms with Crippen LogP contribution in [0.5, 0.6) is 0 Å². The summed E-state index contributed by atoms with van der Waals surface area (Å²) in [7, 11) is -2.67. The van der Waals surface area contributed by atoms with Gasteiger partial charge in [0.2, 0.25) is 15.8 Å². The maximum absolute atomic E-state index is 13.5. The standard InChI is InChI=1S/C12H11FN2O5S/c1-14(8-9-3-2-6-20-9)21(18,19)10-4-5-12(15(16)17)11(13)7-10/h2-7H,8H2,1H3. The molecule has 1 heterocycles. The molecule has 21 heavy (non-hydrogen) atoms. The van der Waals surface area contributed by atoms with Crippen LogP contribution in [0.4, 0.5) is 10.1 Å². The first-order valence-corrected chi connectivity index (χ1v) is 7.19. The van der Waals surface area contributed by atoms with Crippen molar-refractivity contribution in [1.82, 2.24) is 4.31 Å². The summed E-state index contributed by atoms with van der Waals surface area (Å²) in [6.45, 7) is -0.0338. The average molecular weight is 314 g/mol. The molecule has 0 saturated carbocycles. The van der Waals surface area contributed by atoms with E-state index in [0.717, 1.165) is 16.4 Å². The van der Waals surface area contributed by atoms with Crippen molar-refractivity contribution in [2.75, 3.05) is 7.05 Å². The zero-order chi connectivity index (χ0) is 15.6. The van der Waals surface area contributed by atoms with Crippen molar-refractivity contribution in [3.8, 4) is 0 Å². The maximum atomic E-state index is 13.5. The number of sulfonamides is 1. The molecule has 0 aliphatic heterocycles. The van der Waals surface area contributed by atoms with E-state index in [1.807, 2.05) is 0 Å². The normalized spacial score (nSPS) is 11.8. The first kappa shape index (κ1) is 15.1. The first-order chi connectivity index (χ1) is 9.82. The molecule has 112 valence electrons.